The molecule has 7 heteroatoms. The van der Waals surface area contributed by atoms with Crippen molar-refractivity contribution in [3.8, 4) is 0 Å². The summed E-state index contributed by atoms with van der Waals surface area (Å²) in [7, 11) is 0. The number of nitrogens with one attached hydrogen (secondary N) is 1. The smallest absolute Gasteiger partial charge is 0.410 e. The number of hydrogen-bond donors (Lipinski definition) is 2. The van der Waals surface area contributed by atoms with Gasteiger partial charge in [-0.05, 0) is 11.1 Å². The van der Waals surface area contributed by atoms with Gasteiger partial charge in [0.25, 0.3) is 0 Å². The van der Waals surface area contributed by atoms with Gasteiger partial charge in [0.1, 0.15) is 13.2 Å². The second-order valence-electron chi connectivity index (χ2n) is 6.33. The van der Waals surface area contributed by atoms with Gasteiger partial charge in [-0.25, -0.2) is 9.59 Å². The Morgan fingerprint density at radius 3 is 2.07 bits per heavy atom. The van der Waals surface area contributed by atoms with Gasteiger partial charge in [0.2, 0.25) is 0 Å². The van der Waals surface area contributed by atoms with Gasteiger partial charge in [-0.3, -0.25) is 0 Å². The second kappa shape index (κ2) is 9.05. The molecule has 0 saturated carbocycles. The molecule has 0 spiro atoms. The zero-order valence-electron chi connectivity index (χ0n) is 14.8. The molecule has 2 aromatic carbocycles. The predicted octanol–water partition coefficient (Wildman–Crippen LogP) is 2.29. The number of hydrogen-bond acceptors (Lipinski definition) is 5. The van der Waals surface area contributed by atoms with Crippen LogP contribution in [-0.2, 0) is 22.7 Å². The molecule has 1 aliphatic rings. The Balaban J connectivity index is 1.43. The minimum atomic E-state index is -0.876. The molecule has 0 bridgehead atoms. The summed E-state index contributed by atoms with van der Waals surface area (Å²) in [5.74, 6) is 0. The largest absolute Gasteiger partial charge is 0.445 e. The first kappa shape index (κ1) is 18.7. The highest BCUT2D eigenvalue weighted by Gasteiger charge is 2.36. The van der Waals surface area contributed by atoms with E-state index in [2.05, 4.69) is 5.32 Å². The summed E-state index contributed by atoms with van der Waals surface area (Å²) in [5, 5.41) is 12.7. The van der Waals surface area contributed by atoms with Crippen molar-refractivity contribution < 1.29 is 24.2 Å². The van der Waals surface area contributed by atoms with Crippen molar-refractivity contribution in [2.45, 2.75) is 25.4 Å². The summed E-state index contributed by atoms with van der Waals surface area (Å²) >= 11 is 0. The number of alkyl carbamates (subject to hydrolysis) is 1. The van der Waals surface area contributed by atoms with E-state index in [9.17, 15) is 14.7 Å². The van der Waals surface area contributed by atoms with Crippen LogP contribution in [0.5, 0.6) is 0 Å². The molecule has 2 aromatic rings. The second-order valence-corrected chi connectivity index (χ2v) is 6.33. The first-order valence-electron chi connectivity index (χ1n) is 8.73. The van der Waals surface area contributed by atoms with Crippen LogP contribution < -0.4 is 5.32 Å². The summed E-state index contributed by atoms with van der Waals surface area (Å²) < 4.78 is 10.4. The highest BCUT2D eigenvalue weighted by atomic mass is 16.6. The maximum atomic E-state index is 12.2. The van der Waals surface area contributed by atoms with E-state index in [0.29, 0.717) is 0 Å². The Bertz CT molecular complexity index is 753. The fourth-order valence-corrected chi connectivity index (χ4v) is 2.80. The SMILES string of the molecule is O=C(N[C@@H]1CN(C(=O)OCc2ccccc2)C[C@@H]1O)OCc1ccccc1. The van der Waals surface area contributed by atoms with Crippen LogP contribution in [0.3, 0.4) is 0 Å². The Kier molecular flexibility index (Phi) is 6.27. The molecule has 0 aromatic heterocycles. The summed E-state index contributed by atoms with van der Waals surface area (Å²) in [6.45, 7) is 0.550. The number of nitrogens with zero attached hydrogens (tertiary/aromatic N) is 1. The van der Waals surface area contributed by atoms with Crippen LogP contribution in [0.2, 0.25) is 0 Å². The number of aliphatic hydroxyl groups excluding tert-OH is 1. The van der Waals surface area contributed by atoms with Crippen LogP contribution in [0.1, 0.15) is 11.1 Å². The van der Waals surface area contributed by atoms with E-state index in [1.54, 1.807) is 0 Å². The number of aliphatic hydroxyl groups is 1. The molecule has 2 amide bonds. The van der Waals surface area contributed by atoms with E-state index in [-0.39, 0.29) is 26.3 Å². The first-order valence-corrected chi connectivity index (χ1v) is 8.73. The van der Waals surface area contributed by atoms with Gasteiger partial charge in [0, 0.05) is 6.54 Å². The molecule has 7 nitrogen and oxygen atoms in total. The average Bonchev–Trinajstić information content (AvgIpc) is 3.06. The number of carbonyl (C=O) groups excluding carboxylic acids is 2. The summed E-state index contributed by atoms with van der Waals surface area (Å²) in [6, 6.07) is 18.0. The Morgan fingerprint density at radius 1 is 0.926 bits per heavy atom. The van der Waals surface area contributed by atoms with E-state index in [4.69, 9.17) is 9.47 Å². The number of likely N-dealkylation sites (tertiary alicyclic amines) is 1. The van der Waals surface area contributed by atoms with Gasteiger partial charge in [0.05, 0.1) is 18.7 Å². The maximum absolute atomic E-state index is 12.2. The van der Waals surface area contributed by atoms with Crippen LogP contribution in [0.4, 0.5) is 9.59 Å². The maximum Gasteiger partial charge on any atom is 0.410 e. The van der Waals surface area contributed by atoms with E-state index >= 15 is 0 Å². The Morgan fingerprint density at radius 2 is 1.48 bits per heavy atom. The van der Waals surface area contributed by atoms with Gasteiger partial charge in [-0.15, -0.1) is 0 Å². The molecule has 0 aliphatic carbocycles. The van der Waals surface area contributed by atoms with Crippen molar-refractivity contribution in [2.75, 3.05) is 13.1 Å². The highest BCUT2D eigenvalue weighted by Crippen LogP contribution is 2.13. The van der Waals surface area contributed by atoms with Crippen molar-refractivity contribution in [1.29, 1.82) is 0 Å². The number of carbonyl (C=O) groups is 2. The number of β-amino-alcohol motifs (C(OH)–C–C–N with tert-alkyl or cyclic N) is 1. The lowest BCUT2D eigenvalue weighted by molar-refractivity contribution is 0.0968. The Labute approximate surface area is 157 Å². The van der Waals surface area contributed by atoms with E-state index in [0.717, 1.165) is 11.1 Å². The fraction of sp³-hybridized carbons (Fsp3) is 0.300. The number of benzene rings is 2. The molecule has 2 N–H and O–H groups in total. The predicted molar refractivity (Wildman–Crippen MR) is 97.8 cm³/mol. The minimum Gasteiger partial charge on any atom is -0.445 e. The zero-order valence-corrected chi connectivity index (χ0v) is 14.8. The van der Waals surface area contributed by atoms with Gasteiger partial charge < -0.3 is 24.8 Å². The molecule has 27 heavy (non-hydrogen) atoms. The third kappa shape index (κ3) is 5.46. The third-order valence-corrected chi connectivity index (χ3v) is 4.27. The molecular weight excluding hydrogens is 348 g/mol. The zero-order chi connectivity index (χ0) is 19.1. The standard InChI is InChI=1S/C20H22N2O5/c23-18-12-22(20(25)27-14-16-9-5-2-6-10-16)11-17(18)21-19(24)26-13-15-7-3-1-4-8-15/h1-10,17-18,23H,11-14H2,(H,21,24)/t17-,18+/m1/s1. The number of amides is 2. The highest BCUT2D eigenvalue weighted by molar-refractivity contribution is 5.70. The summed E-state index contributed by atoms with van der Waals surface area (Å²) in [5.41, 5.74) is 1.75. The van der Waals surface area contributed by atoms with Crippen molar-refractivity contribution in [3.63, 3.8) is 0 Å². The molecule has 2 atom stereocenters. The van der Waals surface area contributed by atoms with Gasteiger partial charge in [0.15, 0.2) is 0 Å². The Hall–Kier alpha value is -3.06. The number of ether oxygens (including phenoxy) is 2. The molecule has 1 heterocycles. The van der Waals surface area contributed by atoms with E-state index in [1.807, 2.05) is 60.7 Å². The van der Waals surface area contributed by atoms with Gasteiger partial charge >= 0.3 is 12.2 Å². The van der Waals surface area contributed by atoms with Crippen molar-refractivity contribution in [2.24, 2.45) is 0 Å². The normalized spacial score (nSPS) is 18.8. The monoisotopic (exact) mass is 370 g/mol. The molecule has 1 saturated heterocycles. The van der Waals surface area contributed by atoms with Crippen LogP contribution >= 0.6 is 0 Å². The van der Waals surface area contributed by atoms with Crippen molar-refractivity contribution in [1.82, 2.24) is 10.2 Å². The average molecular weight is 370 g/mol. The fourth-order valence-electron chi connectivity index (χ4n) is 2.80. The van der Waals surface area contributed by atoms with Crippen LogP contribution in [0.25, 0.3) is 0 Å². The molecular formula is C20H22N2O5. The lowest BCUT2D eigenvalue weighted by Crippen LogP contribution is -2.43. The third-order valence-electron chi connectivity index (χ3n) is 4.27. The molecule has 142 valence electrons. The van der Waals surface area contributed by atoms with Gasteiger partial charge in [-0.2, -0.15) is 0 Å². The number of rotatable bonds is 5. The van der Waals surface area contributed by atoms with Crippen LogP contribution in [-0.4, -0.2) is 47.4 Å². The summed E-state index contributed by atoms with van der Waals surface area (Å²) in [4.78, 5) is 25.5. The molecule has 0 unspecified atom stereocenters. The molecule has 1 aliphatic heterocycles. The molecule has 0 radical (unpaired) electrons. The minimum absolute atomic E-state index is 0.0945. The van der Waals surface area contributed by atoms with E-state index < -0.39 is 24.3 Å². The first-order chi connectivity index (χ1) is 13.1. The van der Waals surface area contributed by atoms with E-state index in [1.165, 1.54) is 4.90 Å². The lowest BCUT2D eigenvalue weighted by atomic mass is 10.2. The van der Waals surface area contributed by atoms with Crippen molar-refractivity contribution in [3.05, 3.63) is 71.8 Å². The van der Waals surface area contributed by atoms with Gasteiger partial charge in [-0.1, -0.05) is 60.7 Å². The molecule has 1 fully saturated rings. The summed E-state index contributed by atoms with van der Waals surface area (Å²) in [6.07, 6.45) is -2.04. The molecule has 3 rings (SSSR count). The van der Waals surface area contributed by atoms with Crippen molar-refractivity contribution >= 4 is 12.2 Å². The quantitative estimate of drug-likeness (QED) is 0.843. The van der Waals surface area contributed by atoms with Crippen LogP contribution in [0.15, 0.2) is 60.7 Å². The topological polar surface area (TPSA) is 88.1 Å². The lowest BCUT2D eigenvalue weighted by Gasteiger charge is -2.17. The van der Waals surface area contributed by atoms with Crippen LogP contribution in [0, 0.1) is 0 Å².